The Morgan fingerprint density at radius 3 is 2.44 bits per heavy atom. The lowest BCUT2D eigenvalue weighted by molar-refractivity contribution is -0.141. The zero-order chi connectivity index (χ0) is 39.3. The lowest BCUT2D eigenvalue weighted by Gasteiger charge is -2.26. The minimum Gasteiger partial charge on any atom is -0.497 e. The van der Waals surface area contributed by atoms with Crippen molar-refractivity contribution in [3.05, 3.63) is 71.8 Å². The quantitative estimate of drug-likeness (QED) is 0.0375. The van der Waals surface area contributed by atoms with Gasteiger partial charge in [-0.3, -0.25) is 25.7 Å². The van der Waals surface area contributed by atoms with Crippen LogP contribution in [0.15, 0.2) is 59.9 Å². The standard InChI is InChI=1S/C34H40F2N8O10/c1-6-49-32(46)41-28(37)21-8-10-22(11-9-21)40-27(24-16-23(48-5)17-25(26(24)36)51-15-14-50-20(2)45)29-42-31(44(43-29)30-38-12-7-13-39-30)52-19-53-33(47)54-34(3,4)18-35/h7-13,16-17,27,31,40H,6,14-15,18-19H2,1-5H3,(H,42,43)(H2,37,41,46)/t27?,31-/m1/s1. The Morgan fingerprint density at radius 2 is 1.80 bits per heavy atom. The van der Waals surface area contributed by atoms with Gasteiger partial charge in [0.2, 0.25) is 5.95 Å². The van der Waals surface area contributed by atoms with E-state index in [9.17, 15) is 18.8 Å². The number of nitrogens with zero attached hydrogens (tertiary/aromatic N) is 4. The Kier molecular flexibility index (Phi) is 14.2. The van der Waals surface area contributed by atoms with Crippen LogP contribution in [0.4, 0.5) is 30.0 Å². The molecule has 0 radical (unpaired) electrons. The normalized spacial score (nSPS) is 14.2. The maximum atomic E-state index is 16.4. The summed E-state index contributed by atoms with van der Waals surface area (Å²) in [4.78, 5) is 48.3. The van der Waals surface area contributed by atoms with Crippen molar-refractivity contribution >= 4 is 41.5 Å². The van der Waals surface area contributed by atoms with E-state index in [1.807, 2.05) is 0 Å². The number of aromatic nitrogens is 2. The SMILES string of the molecule is CCOC(=O)NC(=N)c1ccc(NC(C2=N[C@@H](OCOC(=O)OC(C)(C)CF)N(c3ncccn3)N2)c2cc(OC)cc(OCCOC(C)=O)c2F)cc1. The molecule has 2 heterocycles. The van der Waals surface area contributed by atoms with E-state index in [2.05, 4.69) is 31.0 Å². The summed E-state index contributed by atoms with van der Waals surface area (Å²) in [5.74, 6) is -1.49. The molecule has 0 bridgehead atoms. The summed E-state index contributed by atoms with van der Waals surface area (Å²) >= 11 is 0. The Labute approximate surface area is 308 Å². The van der Waals surface area contributed by atoms with Crippen LogP contribution in [0.1, 0.15) is 44.9 Å². The highest BCUT2D eigenvalue weighted by molar-refractivity contribution is 6.04. The first-order valence-corrected chi connectivity index (χ1v) is 16.3. The summed E-state index contributed by atoms with van der Waals surface area (Å²) in [7, 11) is 1.38. The van der Waals surface area contributed by atoms with Crippen molar-refractivity contribution in [1.29, 1.82) is 5.41 Å². The minimum atomic E-state index is -1.43. The summed E-state index contributed by atoms with van der Waals surface area (Å²) in [5, 5.41) is 15.0. The van der Waals surface area contributed by atoms with Gasteiger partial charge in [0.1, 0.15) is 49.0 Å². The van der Waals surface area contributed by atoms with Crippen molar-refractivity contribution in [2.45, 2.75) is 45.7 Å². The number of ether oxygens (including phenoxy) is 7. The maximum absolute atomic E-state index is 16.4. The molecule has 1 unspecified atom stereocenters. The van der Waals surface area contributed by atoms with Crippen LogP contribution in [0.3, 0.4) is 0 Å². The number of halogens is 2. The highest BCUT2D eigenvalue weighted by Crippen LogP contribution is 2.35. The molecule has 20 heteroatoms. The minimum absolute atomic E-state index is 0.0354. The van der Waals surface area contributed by atoms with Gasteiger partial charge in [-0.05, 0) is 57.2 Å². The number of carbonyl (C=O) groups excluding carboxylic acids is 3. The van der Waals surface area contributed by atoms with E-state index in [1.165, 1.54) is 57.4 Å². The van der Waals surface area contributed by atoms with E-state index in [0.717, 1.165) is 0 Å². The first-order chi connectivity index (χ1) is 25.8. The number of carbonyl (C=O) groups is 3. The third-order valence-corrected chi connectivity index (χ3v) is 7.04. The van der Waals surface area contributed by atoms with E-state index in [0.29, 0.717) is 11.3 Å². The van der Waals surface area contributed by atoms with Crippen molar-refractivity contribution in [3.63, 3.8) is 0 Å². The monoisotopic (exact) mass is 758 g/mol. The van der Waals surface area contributed by atoms with Crippen LogP contribution in [0, 0.1) is 11.2 Å². The predicted molar refractivity (Wildman–Crippen MR) is 187 cm³/mol. The van der Waals surface area contributed by atoms with E-state index in [4.69, 9.17) is 38.6 Å². The number of hydrogen-bond donors (Lipinski definition) is 4. The number of nitrogens with one attached hydrogen (secondary N) is 4. The number of rotatable bonds is 17. The van der Waals surface area contributed by atoms with Crippen molar-refractivity contribution in [3.8, 4) is 11.5 Å². The molecule has 2 atom stereocenters. The smallest absolute Gasteiger partial charge is 0.497 e. The van der Waals surface area contributed by atoms with Gasteiger partial charge in [-0.15, -0.1) is 0 Å². The molecule has 4 N–H and O–H groups in total. The van der Waals surface area contributed by atoms with Crippen LogP contribution < -0.4 is 30.5 Å². The third-order valence-electron chi connectivity index (χ3n) is 7.04. The first kappa shape index (κ1) is 40.5. The van der Waals surface area contributed by atoms with Crippen molar-refractivity contribution in [2.75, 3.05) is 50.7 Å². The summed E-state index contributed by atoms with van der Waals surface area (Å²) in [6.07, 6.45) is -0.372. The largest absolute Gasteiger partial charge is 0.511 e. The molecule has 0 fully saturated rings. The van der Waals surface area contributed by atoms with Crippen LogP contribution in [-0.4, -0.2) is 92.2 Å². The molecule has 1 amide bonds. The molecule has 0 spiro atoms. The fourth-order valence-electron chi connectivity index (χ4n) is 4.52. The van der Waals surface area contributed by atoms with Crippen LogP contribution in [0.25, 0.3) is 0 Å². The van der Waals surface area contributed by atoms with Gasteiger partial charge in [0.05, 0.1) is 13.7 Å². The number of benzene rings is 2. The predicted octanol–water partition coefficient (Wildman–Crippen LogP) is 4.37. The lowest BCUT2D eigenvalue weighted by atomic mass is 10.0. The molecule has 290 valence electrons. The van der Waals surface area contributed by atoms with E-state index < -0.39 is 55.5 Å². The van der Waals surface area contributed by atoms with Crippen molar-refractivity contribution in [2.24, 2.45) is 4.99 Å². The van der Waals surface area contributed by atoms with Gasteiger partial charge in [-0.1, -0.05) is 0 Å². The molecule has 0 saturated carbocycles. The van der Waals surface area contributed by atoms with Gasteiger partial charge in [-0.2, -0.15) is 0 Å². The van der Waals surface area contributed by atoms with Crippen LogP contribution in [-0.2, 0) is 28.5 Å². The van der Waals surface area contributed by atoms with Gasteiger partial charge < -0.3 is 33.7 Å². The van der Waals surface area contributed by atoms with Crippen molar-refractivity contribution in [1.82, 2.24) is 20.7 Å². The number of aliphatic imine (C=N–C) groups is 1. The van der Waals surface area contributed by atoms with Crippen LogP contribution in [0.5, 0.6) is 11.5 Å². The van der Waals surface area contributed by atoms with E-state index >= 15 is 4.39 Å². The van der Waals surface area contributed by atoms with Gasteiger partial charge in [0.25, 0.3) is 6.35 Å². The zero-order valence-corrected chi connectivity index (χ0v) is 30.0. The highest BCUT2D eigenvalue weighted by Gasteiger charge is 2.36. The topological polar surface area (TPSA) is 217 Å². The molecule has 1 aliphatic rings. The number of alkyl halides is 1. The molecular formula is C34H40F2N8O10. The molecule has 2 aromatic carbocycles. The summed E-state index contributed by atoms with van der Waals surface area (Å²) in [5.41, 5.74) is 2.30. The number of esters is 1. The number of amides is 1. The fourth-order valence-corrected chi connectivity index (χ4v) is 4.52. The molecule has 54 heavy (non-hydrogen) atoms. The number of anilines is 2. The number of hydrogen-bond acceptors (Lipinski definition) is 17. The average Bonchev–Trinajstić information content (AvgIpc) is 3.57. The molecule has 18 nitrogen and oxygen atoms in total. The van der Waals surface area contributed by atoms with Gasteiger partial charge in [-0.25, -0.2) is 38.3 Å². The highest BCUT2D eigenvalue weighted by atomic mass is 19.1. The van der Waals surface area contributed by atoms with Gasteiger partial charge in [0.15, 0.2) is 18.4 Å². The maximum Gasteiger partial charge on any atom is 0.511 e. The molecule has 0 saturated heterocycles. The molecule has 1 aliphatic heterocycles. The van der Waals surface area contributed by atoms with Gasteiger partial charge in [0, 0.05) is 42.2 Å². The zero-order valence-electron chi connectivity index (χ0n) is 30.0. The number of amidine groups is 2. The van der Waals surface area contributed by atoms with Gasteiger partial charge >= 0.3 is 18.2 Å². The summed E-state index contributed by atoms with van der Waals surface area (Å²) < 4.78 is 66.1. The lowest BCUT2D eigenvalue weighted by Crippen LogP contribution is -2.45. The van der Waals surface area contributed by atoms with Crippen LogP contribution in [0.2, 0.25) is 0 Å². The second-order valence-electron chi connectivity index (χ2n) is 11.6. The number of hydrazine groups is 1. The van der Waals surface area contributed by atoms with Crippen LogP contribution >= 0.6 is 0 Å². The van der Waals surface area contributed by atoms with Crippen molar-refractivity contribution < 1.29 is 56.3 Å². The molecule has 4 rings (SSSR count). The average molecular weight is 759 g/mol. The number of methoxy groups -OCH3 is 1. The Morgan fingerprint density at radius 1 is 1.07 bits per heavy atom. The first-order valence-electron chi connectivity index (χ1n) is 16.3. The molecule has 3 aromatic rings. The summed E-state index contributed by atoms with van der Waals surface area (Å²) in [6.45, 7) is 3.74. The summed E-state index contributed by atoms with van der Waals surface area (Å²) in [6, 6.07) is 9.38. The second kappa shape index (κ2) is 19.0. The number of alkyl carbamates (subject to hydrolysis) is 1. The molecule has 0 aliphatic carbocycles. The fraction of sp³-hybridized carbons (Fsp3) is 0.382. The van der Waals surface area contributed by atoms with E-state index in [-0.39, 0.29) is 54.5 Å². The Hall–Kier alpha value is -6.31. The molecular weight excluding hydrogens is 718 g/mol. The Bertz CT molecular complexity index is 1800. The van der Waals surface area contributed by atoms with E-state index in [1.54, 1.807) is 37.3 Å². The Balaban J connectivity index is 1.70. The second-order valence-corrected chi connectivity index (χ2v) is 11.6. The molecule has 1 aromatic heterocycles. The third kappa shape index (κ3) is 11.3.